The molecule has 0 fully saturated rings. The van der Waals surface area contributed by atoms with Crippen LogP contribution >= 0.6 is 0 Å². The first kappa shape index (κ1) is 11.2. The number of methoxy groups -OCH3 is 1. The fourth-order valence-electron chi connectivity index (χ4n) is 1.75. The van der Waals surface area contributed by atoms with Gasteiger partial charge in [-0.3, -0.25) is 4.98 Å². The van der Waals surface area contributed by atoms with Crippen LogP contribution < -0.4 is 4.74 Å². The minimum atomic E-state index is 0.572. The standard InChI is InChI=1S/C15H13NO/c1-3-4-14-11-13(5-6-15(14)17-2)12-7-9-16-10-8-12/h1,5-11H,4H2,2H3. The Morgan fingerprint density at radius 3 is 2.59 bits per heavy atom. The quantitative estimate of drug-likeness (QED) is 0.746. The molecule has 0 aliphatic heterocycles. The normalized spacial score (nSPS) is 9.65. The molecule has 0 atom stereocenters. The maximum atomic E-state index is 5.36. The molecule has 2 aromatic rings. The Kier molecular flexibility index (Phi) is 3.42. The summed E-state index contributed by atoms with van der Waals surface area (Å²) in [6.07, 6.45) is 9.49. The van der Waals surface area contributed by atoms with Gasteiger partial charge in [0.05, 0.1) is 7.11 Å². The zero-order valence-corrected chi connectivity index (χ0v) is 9.68. The van der Waals surface area contributed by atoms with Crippen molar-refractivity contribution in [3.8, 4) is 29.2 Å². The molecule has 2 nitrogen and oxygen atoms in total. The van der Waals surface area contributed by atoms with Crippen molar-refractivity contribution >= 4 is 0 Å². The smallest absolute Gasteiger partial charge is 0.123 e. The van der Waals surface area contributed by atoms with E-state index in [2.05, 4.69) is 17.0 Å². The molecular weight excluding hydrogens is 210 g/mol. The highest BCUT2D eigenvalue weighted by molar-refractivity contribution is 5.65. The molecule has 84 valence electrons. The van der Waals surface area contributed by atoms with Crippen molar-refractivity contribution in [3.05, 3.63) is 48.3 Å². The van der Waals surface area contributed by atoms with Crippen LogP contribution in [0.2, 0.25) is 0 Å². The predicted octanol–water partition coefficient (Wildman–Crippen LogP) is 2.93. The van der Waals surface area contributed by atoms with Crippen molar-refractivity contribution < 1.29 is 4.74 Å². The summed E-state index contributed by atoms with van der Waals surface area (Å²) in [7, 11) is 1.65. The summed E-state index contributed by atoms with van der Waals surface area (Å²) in [5.41, 5.74) is 3.28. The van der Waals surface area contributed by atoms with E-state index in [9.17, 15) is 0 Å². The van der Waals surface area contributed by atoms with Crippen LogP contribution in [0.15, 0.2) is 42.7 Å². The van der Waals surface area contributed by atoms with E-state index in [1.54, 1.807) is 19.5 Å². The minimum Gasteiger partial charge on any atom is -0.496 e. The number of aromatic nitrogens is 1. The molecule has 2 rings (SSSR count). The third-order valence-corrected chi connectivity index (χ3v) is 2.59. The van der Waals surface area contributed by atoms with Gasteiger partial charge < -0.3 is 4.74 Å². The van der Waals surface area contributed by atoms with Gasteiger partial charge in [0, 0.05) is 24.4 Å². The van der Waals surface area contributed by atoms with Crippen molar-refractivity contribution in [2.24, 2.45) is 0 Å². The molecule has 0 radical (unpaired) electrons. The van der Waals surface area contributed by atoms with Crippen LogP contribution in [0.5, 0.6) is 5.75 Å². The fourth-order valence-corrected chi connectivity index (χ4v) is 1.75. The molecule has 0 aliphatic rings. The van der Waals surface area contributed by atoms with Crippen LogP contribution in [0.25, 0.3) is 11.1 Å². The number of hydrogen-bond acceptors (Lipinski definition) is 2. The fraction of sp³-hybridized carbons (Fsp3) is 0.133. The topological polar surface area (TPSA) is 22.1 Å². The van der Waals surface area contributed by atoms with E-state index in [0.29, 0.717) is 6.42 Å². The van der Waals surface area contributed by atoms with E-state index in [4.69, 9.17) is 11.2 Å². The van der Waals surface area contributed by atoms with Crippen molar-refractivity contribution in [2.75, 3.05) is 7.11 Å². The van der Waals surface area contributed by atoms with Gasteiger partial charge in [0.15, 0.2) is 0 Å². The Morgan fingerprint density at radius 2 is 1.94 bits per heavy atom. The Hall–Kier alpha value is -2.27. The van der Waals surface area contributed by atoms with E-state index < -0.39 is 0 Å². The van der Waals surface area contributed by atoms with Gasteiger partial charge in [-0.2, -0.15) is 0 Å². The molecule has 1 heterocycles. The van der Waals surface area contributed by atoms with E-state index in [0.717, 1.165) is 22.4 Å². The summed E-state index contributed by atoms with van der Waals surface area (Å²) >= 11 is 0. The number of benzene rings is 1. The second-order valence-corrected chi connectivity index (χ2v) is 3.64. The third kappa shape index (κ3) is 2.46. The van der Waals surface area contributed by atoms with E-state index in [1.807, 2.05) is 24.3 Å². The molecule has 1 aromatic heterocycles. The lowest BCUT2D eigenvalue weighted by Crippen LogP contribution is -1.92. The predicted molar refractivity (Wildman–Crippen MR) is 68.8 cm³/mol. The minimum absolute atomic E-state index is 0.572. The first-order chi connectivity index (χ1) is 8.35. The van der Waals surface area contributed by atoms with E-state index >= 15 is 0 Å². The SMILES string of the molecule is C#CCc1cc(-c2ccncc2)ccc1OC. The Labute approximate surface area is 101 Å². The molecule has 2 heteroatoms. The lowest BCUT2D eigenvalue weighted by Gasteiger charge is -2.08. The van der Waals surface area contributed by atoms with Crippen LogP contribution in [0.4, 0.5) is 0 Å². The van der Waals surface area contributed by atoms with Gasteiger partial charge in [0.1, 0.15) is 5.75 Å². The van der Waals surface area contributed by atoms with Crippen LogP contribution in [-0.2, 0) is 6.42 Å². The molecule has 0 spiro atoms. The van der Waals surface area contributed by atoms with Gasteiger partial charge >= 0.3 is 0 Å². The highest BCUT2D eigenvalue weighted by Crippen LogP contribution is 2.26. The highest BCUT2D eigenvalue weighted by atomic mass is 16.5. The highest BCUT2D eigenvalue weighted by Gasteiger charge is 2.04. The molecule has 1 aromatic carbocycles. The molecule has 0 amide bonds. The Balaban J connectivity index is 2.44. The van der Waals surface area contributed by atoms with Crippen molar-refractivity contribution in [2.45, 2.75) is 6.42 Å². The molecule has 0 N–H and O–H groups in total. The van der Waals surface area contributed by atoms with Gasteiger partial charge in [0.25, 0.3) is 0 Å². The summed E-state index contributed by atoms with van der Waals surface area (Å²) in [6, 6.07) is 9.98. The lowest BCUT2D eigenvalue weighted by atomic mass is 10.0. The molecule has 0 saturated heterocycles. The summed E-state index contributed by atoms with van der Waals surface area (Å²) < 4.78 is 5.28. The molecule has 17 heavy (non-hydrogen) atoms. The van der Waals surface area contributed by atoms with Crippen molar-refractivity contribution in [3.63, 3.8) is 0 Å². The molecular formula is C15H13NO. The molecule has 0 aliphatic carbocycles. The van der Waals surface area contributed by atoms with Gasteiger partial charge in [-0.25, -0.2) is 0 Å². The summed E-state index contributed by atoms with van der Waals surface area (Å²) in [6.45, 7) is 0. The maximum absolute atomic E-state index is 5.36. The Bertz CT molecular complexity index is 541. The monoisotopic (exact) mass is 223 g/mol. The number of rotatable bonds is 3. The first-order valence-corrected chi connectivity index (χ1v) is 5.36. The van der Waals surface area contributed by atoms with E-state index in [1.165, 1.54) is 0 Å². The Morgan fingerprint density at radius 1 is 1.18 bits per heavy atom. The van der Waals surface area contributed by atoms with Gasteiger partial charge in [0.2, 0.25) is 0 Å². The summed E-state index contributed by atoms with van der Waals surface area (Å²) in [5, 5.41) is 0. The average Bonchev–Trinajstić information content (AvgIpc) is 2.40. The number of nitrogens with zero attached hydrogens (tertiary/aromatic N) is 1. The van der Waals surface area contributed by atoms with Crippen molar-refractivity contribution in [1.29, 1.82) is 0 Å². The maximum Gasteiger partial charge on any atom is 0.123 e. The average molecular weight is 223 g/mol. The van der Waals surface area contributed by atoms with Crippen LogP contribution in [-0.4, -0.2) is 12.1 Å². The lowest BCUT2D eigenvalue weighted by molar-refractivity contribution is 0.411. The summed E-state index contributed by atoms with van der Waals surface area (Å²) in [5.74, 6) is 3.48. The van der Waals surface area contributed by atoms with Gasteiger partial charge in [-0.15, -0.1) is 12.3 Å². The van der Waals surface area contributed by atoms with Gasteiger partial charge in [-0.1, -0.05) is 6.07 Å². The number of pyridine rings is 1. The summed E-state index contributed by atoms with van der Waals surface area (Å²) in [4.78, 5) is 4.01. The van der Waals surface area contributed by atoms with E-state index in [-0.39, 0.29) is 0 Å². The van der Waals surface area contributed by atoms with Crippen LogP contribution in [0.1, 0.15) is 5.56 Å². The van der Waals surface area contributed by atoms with Crippen molar-refractivity contribution in [1.82, 2.24) is 4.98 Å². The largest absolute Gasteiger partial charge is 0.496 e. The first-order valence-electron chi connectivity index (χ1n) is 5.36. The number of hydrogen-bond donors (Lipinski definition) is 0. The third-order valence-electron chi connectivity index (χ3n) is 2.59. The molecule has 0 bridgehead atoms. The second-order valence-electron chi connectivity index (χ2n) is 3.64. The van der Waals surface area contributed by atoms with Crippen LogP contribution in [0, 0.1) is 12.3 Å². The van der Waals surface area contributed by atoms with Crippen LogP contribution in [0.3, 0.4) is 0 Å². The molecule has 0 unspecified atom stereocenters. The van der Waals surface area contributed by atoms with Gasteiger partial charge in [-0.05, 0) is 35.4 Å². The number of terminal acetylenes is 1. The molecule has 0 saturated carbocycles. The zero-order chi connectivity index (χ0) is 12.1. The second kappa shape index (κ2) is 5.18. The zero-order valence-electron chi connectivity index (χ0n) is 9.68. The number of ether oxygens (including phenoxy) is 1.